The molecule has 1 aromatic heterocycles. The molecular weight excluding hydrogens is 414 g/mol. The number of hydrogen-bond acceptors (Lipinski definition) is 3. The van der Waals surface area contributed by atoms with E-state index < -0.39 is 17.8 Å². The third-order valence-electron chi connectivity index (χ3n) is 6.15. The van der Waals surface area contributed by atoms with Crippen molar-refractivity contribution in [3.05, 3.63) is 87.2 Å². The molecule has 0 aliphatic carbocycles. The number of aromatic nitrogens is 1. The van der Waals surface area contributed by atoms with Gasteiger partial charge in [-0.25, -0.2) is 9.69 Å². The van der Waals surface area contributed by atoms with Gasteiger partial charge < -0.3 is 4.57 Å². The van der Waals surface area contributed by atoms with Crippen molar-refractivity contribution in [3.8, 4) is 5.69 Å². The van der Waals surface area contributed by atoms with Crippen LogP contribution in [0.25, 0.3) is 11.8 Å². The van der Waals surface area contributed by atoms with E-state index in [0.29, 0.717) is 5.69 Å². The molecule has 1 aliphatic rings. The summed E-state index contributed by atoms with van der Waals surface area (Å²) >= 11 is 0. The van der Waals surface area contributed by atoms with Crippen molar-refractivity contribution in [2.75, 3.05) is 4.90 Å². The molecule has 0 atom stereocenters. The fourth-order valence-corrected chi connectivity index (χ4v) is 4.41. The Morgan fingerprint density at radius 2 is 1.52 bits per heavy atom. The smallest absolute Gasteiger partial charge is 0.318 e. The molecule has 4 amide bonds. The first-order valence-corrected chi connectivity index (χ1v) is 10.8. The summed E-state index contributed by atoms with van der Waals surface area (Å²) in [6, 6.07) is 12.8. The van der Waals surface area contributed by atoms with E-state index in [1.807, 2.05) is 45.9 Å². The molecule has 2 heterocycles. The third-order valence-corrected chi connectivity index (χ3v) is 6.15. The van der Waals surface area contributed by atoms with Crippen LogP contribution in [0.15, 0.2) is 48.0 Å². The number of nitrogens with one attached hydrogen (secondary N) is 1. The molecule has 2 aromatic carbocycles. The number of imide groups is 2. The highest BCUT2D eigenvalue weighted by atomic mass is 16.2. The van der Waals surface area contributed by atoms with Crippen molar-refractivity contribution >= 4 is 29.6 Å². The topological polar surface area (TPSA) is 71.4 Å². The predicted molar refractivity (Wildman–Crippen MR) is 130 cm³/mol. The summed E-state index contributed by atoms with van der Waals surface area (Å²) in [5, 5.41) is 2.31. The molecule has 6 nitrogen and oxygen atoms in total. The zero-order valence-electron chi connectivity index (χ0n) is 19.7. The van der Waals surface area contributed by atoms with Crippen LogP contribution in [0.5, 0.6) is 0 Å². The number of urea groups is 1. The third kappa shape index (κ3) is 3.89. The van der Waals surface area contributed by atoms with Crippen molar-refractivity contribution in [3.63, 3.8) is 0 Å². The van der Waals surface area contributed by atoms with Crippen molar-refractivity contribution in [1.82, 2.24) is 9.88 Å². The fraction of sp³-hybridized carbons (Fsp3) is 0.222. The van der Waals surface area contributed by atoms with Crippen LogP contribution in [0.1, 0.15) is 39.2 Å². The fourth-order valence-electron chi connectivity index (χ4n) is 4.41. The molecule has 0 saturated carbocycles. The number of barbiturate groups is 1. The number of nitrogens with zero attached hydrogens (tertiary/aromatic N) is 2. The highest BCUT2D eigenvalue weighted by molar-refractivity contribution is 6.39. The Morgan fingerprint density at radius 1 is 0.848 bits per heavy atom. The van der Waals surface area contributed by atoms with Crippen LogP contribution >= 0.6 is 0 Å². The van der Waals surface area contributed by atoms with Gasteiger partial charge in [0.25, 0.3) is 11.8 Å². The van der Waals surface area contributed by atoms with Gasteiger partial charge >= 0.3 is 6.03 Å². The molecule has 33 heavy (non-hydrogen) atoms. The molecular formula is C27H27N3O3. The van der Waals surface area contributed by atoms with E-state index in [1.165, 1.54) is 5.56 Å². The molecule has 1 aliphatic heterocycles. The summed E-state index contributed by atoms with van der Waals surface area (Å²) in [6.07, 6.45) is 1.57. The van der Waals surface area contributed by atoms with Gasteiger partial charge in [-0.3, -0.25) is 14.9 Å². The number of aryl methyl sites for hydroxylation is 4. The summed E-state index contributed by atoms with van der Waals surface area (Å²) < 4.78 is 2.12. The van der Waals surface area contributed by atoms with Crippen LogP contribution < -0.4 is 10.2 Å². The highest BCUT2D eigenvalue weighted by Crippen LogP contribution is 2.28. The minimum Gasteiger partial charge on any atom is -0.318 e. The van der Waals surface area contributed by atoms with E-state index in [0.717, 1.165) is 44.2 Å². The summed E-state index contributed by atoms with van der Waals surface area (Å²) in [6.45, 7) is 11.9. The molecule has 3 aromatic rings. The normalized spacial score (nSPS) is 15.4. The molecule has 1 saturated heterocycles. The molecule has 168 valence electrons. The molecule has 4 rings (SSSR count). The van der Waals surface area contributed by atoms with Gasteiger partial charge in [0.05, 0.1) is 5.69 Å². The van der Waals surface area contributed by atoms with E-state index in [1.54, 1.807) is 18.2 Å². The largest absolute Gasteiger partial charge is 0.335 e. The van der Waals surface area contributed by atoms with E-state index in [2.05, 4.69) is 35.9 Å². The number of hydrogen-bond donors (Lipinski definition) is 1. The number of amides is 4. The second-order valence-corrected chi connectivity index (χ2v) is 8.68. The Morgan fingerprint density at radius 3 is 2.18 bits per heavy atom. The molecule has 1 N–H and O–H groups in total. The van der Waals surface area contributed by atoms with Gasteiger partial charge in [0.1, 0.15) is 5.57 Å². The monoisotopic (exact) mass is 441 g/mol. The van der Waals surface area contributed by atoms with E-state index in [-0.39, 0.29) is 5.57 Å². The maximum Gasteiger partial charge on any atom is 0.335 e. The molecule has 0 spiro atoms. The van der Waals surface area contributed by atoms with Crippen LogP contribution in [0.2, 0.25) is 0 Å². The first kappa shape index (κ1) is 22.3. The van der Waals surface area contributed by atoms with E-state index in [4.69, 9.17) is 0 Å². The summed E-state index contributed by atoms with van der Waals surface area (Å²) in [4.78, 5) is 39.5. The lowest BCUT2D eigenvalue weighted by Gasteiger charge is -2.27. The van der Waals surface area contributed by atoms with E-state index >= 15 is 0 Å². The average molecular weight is 442 g/mol. The van der Waals surface area contributed by atoms with Gasteiger partial charge in [-0.2, -0.15) is 0 Å². The Bertz CT molecular complexity index is 1340. The molecule has 1 fully saturated rings. The average Bonchev–Trinajstić information content (AvgIpc) is 2.99. The Balaban J connectivity index is 1.80. The number of carbonyl (C=O) groups is 3. The van der Waals surface area contributed by atoms with Gasteiger partial charge in [0.15, 0.2) is 0 Å². The number of anilines is 1. The lowest BCUT2D eigenvalue weighted by Crippen LogP contribution is -2.54. The van der Waals surface area contributed by atoms with Crippen LogP contribution in [0.3, 0.4) is 0 Å². The van der Waals surface area contributed by atoms with Crippen molar-refractivity contribution in [1.29, 1.82) is 0 Å². The quantitative estimate of drug-likeness (QED) is 0.460. The maximum absolute atomic E-state index is 13.3. The Hall–Kier alpha value is -3.93. The SMILES string of the molecule is Cc1cc(C)cc(N2C(=O)NC(=O)/C(=C\c3cc(C)n(-c4cccc(C)c4C)c3C)C2=O)c1. The maximum atomic E-state index is 13.3. The van der Waals surface area contributed by atoms with Gasteiger partial charge in [0.2, 0.25) is 0 Å². The number of carbonyl (C=O) groups excluding carboxylic acids is 3. The van der Waals surface area contributed by atoms with Gasteiger partial charge in [0, 0.05) is 17.1 Å². The van der Waals surface area contributed by atoms with Crippen molar-refractivity contribution in [2.45, 2.75) is 41.5 Å². The van der Waals surface area contributed by atoms with Gasteiger partial charge in [-0.1, -0.05) is 18.2 Å². The van der Waals surface area contributed by atoms with E-state index in [9.17, 15) is 14.4 Å². The van der Waals surface area contributed by atoms with Gasteiger partial charge in [-0.05, 0) is 99.7 Å². The zero-order valence-corrected chi connectivity index (χ0v) is 19.7. The first-order chi connectivity index (χ1) is 15.6. The minimum absolute atomic E-state index is 0.0741. The zero-order chi connectivity index (χ0) is 24.0. The summed E-state index contributed by atoms with van der Waals surface area (Å²) in [7, 11) is 0. The first-order valence-electron chi connectivity index (χ1n) is 10.8. The van der Waals surface area contributed by atoms with Crippen molar-refractivity contribution in [2.24, 2.45) is 0 Å². The lowest BCUT2D eigenvalue weighted by atomic mass is 10.1. The predicted octanol–water partition coefficient (Wildman–Crippen LogP) is 4.99. The molecule has 0 radical (unpaired) electrons. The molecule has 6 heteroatoms. The van der Waals surface area contributed by atoms with Crippen LogP contribution in [0, 0.1) is 41.5 Å². The van der Waals surface area contributed by atoms with Gasteiger partial charge in [-0.15, -0.1) is 0 Å². The Labute approximate surface area is 193 Å². The molecule has 0 bridgehead atoms. The van der Waals surface area contributed by atoms with Crippen LogP contribution in [0.4, 0.5) is 10.5 Å². The minimum atomic E-state index is -0.743. The summed E-state index contributed by atoms with van der Waals surface area (Å²) in [5.41, 5.74) is 8.26. The van der Waals surface area contributed by atoms with Crippen LogP contribution in [-0.4, -0.2) is 22.4 Å². The van der Waals surface area contributed by atoms with Crippen LogP contribution in [-0.2, 0) is 9.59 Å². The Kier molecular flexibility index (Phi) is 5.54. The molecule has 0 unspecified atom stereocenters. The second-order valence-electron chi connectivity index (χ2n) is 8.68. The number of rotatable bonds is 3. The number of benzene rings is 2. The lowest BCUT2D eigenvalue weighted by molar-refractivity contribution is -0.122. The van der Waals surface area contributed by atoms with Crippen molar-refractivity contribution < 1.29 is 14.4 Å². The second kappa shape index (κ2) is 8.20. The highest BCUT2D eigenvalue weighted by Gasteiger charge is 2.37. The summed E-state index contributed by atoms with van der Waals surface area (Å²) in [5.74, 6) is -1.33. The standard InChI is InChI=1S/C27H27N3O3/c1-15-10-16(2)12-22(11-15)30-26(32)23(25(31)28-27(30)33)14-21-13-18(4)29(20(21)6)24-9-7-8-17(3)19(24)5/h7-14H,1-6H3,(H,28,31,33)/b23-14+.